The maximum absolute atomic E-state index is 13.0. The van der Waals surface area contributed by atoms with Crippen molar-refractivity contribution in [1.82, 2.24) is 0 Å². The minimum absolute atomic E-state index is 0.0370. The van der Waals surface area contributed by atoms with Gasteiger partial charge in [0.05, 0.1) is 44.2 Å². The largest absolute Gasteiger partial charge is 0.396 e. The molecule has 0 aromatic heterocycles. The molecule has 5 aliphatic heterocycles. The van der Waals surface area contributed by atoms with Gasteiger partial charge in [-0.05, 0) is 87.4 Å². The first-order valence-electron chi connectivity index (χ1n) is 27.0. The lowest BCUT2D eigenvalue weighted by molar-refractivity contribution is -0.390. The number of carbonyl (C=O) groups excluding carboxylic acids is 1. The number of ether oxygens (including phenoxy) is 9. The van der Waals surface area contributed by atoms with Crippen LogP contribution in [0.3, 0.4) is 0 Å². The van der Waals surface area contributed by atoms with E-state index >= 15 is 0 Å². The summed E-state index contributed by atoms with van der Waals surface area (Å²) in [5.41, 5.74) is 1.10. The molecule has 22 heteroatoms. The summed E-state index contributed by atoms with van der Waals surface area (Å²) in [6, 6.07) is 0. The highest BCUT2D eigenvalue weighted by atomic mass is 16.8. The molecule has 1 spiro atoms. The summed E-state index contributed by atoms with van der Waals surface area (Å²) >= 11 is 0. The van der Waals surface area contributed by atoms with Crippen molar-refractivity contribution in [1.29, 1.82) is 0 Å². The van der Waals surface area contributed by atoms with Crippen LogP contribution >= 0.6 is 0 Å². The number of hydrogen-bond acceptors (Lipinski definition) is 22. The third-order valence-corrected chi connectivity index (χ3v) is 20.5. The quantitative estimate of drug-likeness (QED) is 0.0940. The van der Waals surface area contributed by atoms with Gasteiger partial charge in [-0.2, -0.15) is 0 Å². The van der Waals surface area contributed by atoms with Gasteiger partial charge in [0, 0.05) is 17.3 Å². The second-order valence-corrected chi connectivity index (χ2v) is 24.1. The summed E-state index contributed by atoms with van der Waals surface area (Å²) in [7, 11) is 0. The molecule has 0 unspecified atom stereocenters. The lowest BCUT2D eigenvalue weighted by Crippen LogP contribution is -2.66. The van der Waals surface area contributed by atoms with Gasteiger partial charge in [-0.15, -0.1) is 0 Å². The number of hydrogen-bond donors (Lipinski definition) is 12. The Morgan fingerprint density at radius 3 is 1.96 bits per heavy atom. The van der Waals surface area contributed by atoms with E-state index in [4.69, 9.17) is 42.6 Å². The van der Waals surface area contributed by atoms with Gasteiger partial charge in [0.25, 0.3) is 0 Å². The van der Waals surface area contributed by atoms with Crippen LogP contribution in [-0.2, 0) is 47.4 Å². The Morgan fingerprint density at radius 1 is 0.649 bits per heavy atom. The molecule has 2 saturated carbocycles. The number of allylic oxidation sites excluding steroid dienone is 2. The van der Waals surface area contributed by atoms with E-state index in [1.165, 1.54) is 18.1 Å². The van der Waals surface area contributed by atoms with Crippen LogP contribution in [0.5, 0.6) is 0 Å². The van der Waals surface area contributed by atoms with Gasteiger partial charge in [-0.25, -0.2) is 0 Å². The molecule has 9 aliphatic rings. The molecule has 22 nitrogen and oxygen atoms in total. The standard InChI is InChI=1S/C52H84O22/c1-8-26(55)28-17-22(2)52(74-28)16-15-50(6)25-9-10-31-48(4,24(25)11-14-51(50,52)7)13-12-32(49(31,5)21-54)71-45-41(65)38(62)36(60)30(70-45)20-67-46-42(34(58)27(56)19-66-46)73-47-43(39(63)35(59)29(18-53)69-47)72-44-40(64)37(61)33(57)23(3)68-44/h22-23,27-47,53-54,56-65H,8-21H2,1-7H3/t22-,23-,27-,28-,29-,30+,31+,32-,33+,34+,35-,36+,37-,38-,39+,40+,41-,42-,43+,44-,45+,46+,47+,48+,49+,50-,51-,52-/m1/s1. The molecular weight excluding hydrogens is 977 g/mol. The lowest BCUT2D eigenvalue weighted by atomic mass is 9.42. The maximum Gasteiger partial charge on any atom is 0.187 e. The highest BCUT2D eigenvalue weighted by Crippen LogP contribution is 2.75. The van der Waals surface area contributed by atoms with Crippen molar-refractivity contribution in [2.45, 2.75) is 247 Å². The number of ketones is 1. The first-order valence-corrected chi connectivity index (χ1v) is 27.0. The summed E-state index contributed by atoms with van der Waals surface area (Å²) in [5, 5.41) is 131. The van der Waals surface area contributed by atoms with Crippen molar-refractivity contribution in [2.24, 2.45) is 33.5 Å². The average Bonchev–Trinajstić information content (AvgIpc) is 3.86. The molecule has 0 radical (unpaired) electrons. The SMILES string of the molecule is CCC(=O)[C@H]1C[C@@H](C)[C@@]2(CC[C@]3(C)C4=C(CC[C@]32C)[C@]2(C)CC[C@@H](O[C@@H]3O[C@@H](CO[C@@H]5OC[C@@H](O)[C@H](O)[C@H]5O[C@@H]5O[C@H](CO)[C@@H](O)[C@H](O)[C@@H]5O[C@H]5O[C@H](C)[C@H](O)[C@@H](O)[C@@H]5O)[C@H](O)[C@@H](O)[C@H]3O)[C@@](C)(CO)[C@H]2CC4)O1. The molecule has 4 aliphatic carbocycles. The third-order valence-electron chi connectivity index (χ3n) is 20.5. The van der Waals surface area contributed by atoms with E-state index in [0.717, 1.165) is 44.9 Å². The molecule has 7 fully saturated rings. The Kier molecular flexibility index (Phi) is 16.4. The van der Waals surface area contributed by atoms with Crippen LogP contribution in [0.15, 0.2) is 11.1 Å². The van der Waals surface area contributed by atoms with E-state index in [2.05, 4.69) is 27.7 Å². The molecule has 0 aromatic carbocycles. The van der Waals surface area contributed by atoms with Crippen molar-refractivity contribution in [3.8, 4) is 0 Å². The van der Waals surface area contributed by atoms with Crippen LogP contribution in [-0.4, -0.2) is 228 Å². The number of rotatable bonds is 13. The average molecular weight is 1060 g/mol. The van der Waals surface area contributed by atoms with Gasteiger partial charge in [-0.3, -0.25) is 4.79 Å². The summed E-state index contributed by atoms with van der Waals surface area (Å²) in [6.07, 6.45) is -24.8. The highest BCUT2D eigenvalue weighted by Gasteiger charge is 2.72. The molecule has 0 amide bonds. The summed E-state index contributed by atoms with van der Waals surface area (Å²) in [4.78, 5) is 13.0. The predicted octanol–water partition coefficient (Wildman–Crippen LogP) is -1.44. The van der Waals surface area contributed by atoms with Crippen molar-refractivity contribution in [2.75, 3.05) is 26.4 Å². The van der Waals surface area contributed by atoms with Gasteiger partial charge >= 0.3 is 0 Å². The Labute approximate surface area is 431 Å². The van der Waals surface area contributed by atoms with Crippen molar-refractivity contribution < 1.29 is 109 Å². The van der Waals surface area contributed by atoms with Crippen LogP contribution in [0.1, 0.15) is 113 Å². The van der Waals surface area contributed by atoms with Gasteiger partial charge in [0.2, 0.25) is 0 Å². The second-order valence-electron chi connectivity index (χ2n) is 24.1. The Morgan fingerprint density at radius 2 is 1.28 bits per heavy atom. The molecule has 5 heterocycles. The van der Waals surface area contributed by atoms with Crippen LogP contribution in [0.25, 0.3) is 0 Å². The summed E-state index contributed by atoms with van der Waals surface area (Å²) in [5.74, 6) is 0.375. The van der Waals surface area contributed by atoms with E-state index in [1.807, 2.05) is 13.8 Å². The molecule has 28 atom stereocenters. The fourth-order valence-electron chi connectivity index (χ4n) is 15.6. The Balaban J connectivity index is 0.892. The van der Waals surface area contributed by atoms with Crippen molar-refractivity contribution >= 4 is 5.78 Å². The molecular formula is C52H84O22. The number of aliphatic hydroxyl groups is 12. The van der Waals surface area contributed by atoms with Crippen molar-refractivity contribution in [3.63, 3.8) is 0 Å². The van der Waals surface area contributed by atoms with E-state index in [9.17, 15) is 66.1 Å². The number of Topliss-reactive ketones (excluding diaryl/α,β-unsaturated/α-hetero) is 1. The topological polar surface area (TPSA) is 343 Å². The third kappa shape index (κ3) is 9.02. The Hall–Kier alpha value is -1.43. The first-order chi connectivity index (χ1) is 34.9. The number of carbonyl (C=O) groups is 1. The number of aliphatic hydroxyl groups excluding tert-OH is 12. The van der Waals surface area contributed by atoms with E-state index < -0.39 is 148 Å². The van der Waals surface area contributed by atoms with E-state index in [1.54, 1.807) is 0 Å². The van der Waals surface area contributed by atoms with Gasteiger partial charge in [-0.1, -0.05) is 52.7 Å². The van der Waals surface area contributed by atoms with Crippen LogP contribution in [0.4, 0.5) is 0 Å². The fraction of sp³-hybridized carbons (Fsp3) is 0.942. The minimum Gasteiger partial charge on any atom is -0.396 e. The zero-order chi connectivity index (χ0) is 53.8. The first kappa shape index (κ1) is 57.3. The second kappa shape index (κ2) is 21.2. The van der Waals surface area contributed by atoms with Gasteiger partial charge < -0.3 is 104 Å². The van der Waals surface area contributed by atoms with Crippen LogP contribution in [0.2, 0.25) is 0 Å². The fourth-order valence-corrected chi connectivity index (χ4v) is 15.6. The van der Waals surface area contributed by atoms with Crippen LogP contribution < -0.4 is 0 Å². The number of fused-ring (bicyclic) bond motifs is 5. The smallest absolute Gasteiger partial charge is 0.187 e. The van der Waals surface area contributed by atoms with Gasteiger partial charge in [0.1, 0.15) is 91.6 Å². The molecule has 9 rings (SSSR count). The normalized spacial score (nSPS) is 54.7. The molecule has 12 N–H and O–H groups in total. The zero-order valence-electron chi connectivity index (χ0n) is 43.6. The highest BCUT2D eigenvalue weighted by molar-refractivity contribution is 5.83. The predicted molar refractivity (Wildman–Crippen MR) is 253 cm³/mol. The van der Waals surface area contributed by atoms with Crippen LogP contribution in [0, 0.1) is 33.5 Å². The lowest BCUT2D eigenvalue weighted by Gasteiger charge is -2.63. The minimum atomic E-state index is -1.91. The molecule has 74 heavy (non-hydrogen) atoms. The molecule has 5 saturated heterocycles. The molecule has 0 bridgehead atoms. The van der Waals surface area contributed by atoms with Crippen molar-refractivity contribution in [3.05, 3.63) is 11.1 Å². The zero-order valence-corrected chi connectivity index (χ0v) is 43.6. The molecule has 0 aromatic rings. The monoisotopic (exact) mass is 1060 g/mol. The Bertz CT molecular complexity index is 2030. The summed E-state index contributed by atoms with van der Waals surface area (Å²) in [6.45, 7) is 12.5. The summed E-state index contributed by atoms with van der Waals surface area (Å²) < 4.78 is 54.7. The maximum atomic E-state index is 13.0. The van der Waals surface area contributed by atoms with E-state index in [-0.39, 0.29) is 52.2 Å². The van der Waals surface area contributed by atoms with E-state index in [0.29, 0.717) is 19.3 Å². The van der Waals surface area contributed by atoms with Gasteiger partial charge in [0.15, 0.2) is 30.9 Å². The molecule has 424 valence electrons.